The van der Waals surface area contributed by atoms with Crippen LogP contribution in [0.5, 0.6) is 0 Å². The van der Waals surface area contributed by atoms with Crippen molar-refractivity contribution in [3.8, 4) is 0 Å². The number of amides is 1. The molecule has 1 aliphatic rings. The lowest BCUT2D eigenvalue weighted by Crippen LogP contribution is -2.37. The van der Waals surface area contributed by atoms with Crippen LogP contribution in [0.3, 0.4) is 0 Å². The maximum atomic E-state index is 12.4. The molecule has 1 saturated heterocycles. The van der Waals surface area contributed by atoms with E-state index >= 15 is 0 Å². The number of hydrogen-bond acceptors (Lipinski definition) is 5. The van der Waals surface area contributed by atoms with Crippen molar-refractivity contribution in [3.05, 3.63) is 46.2 Å². The highest BCUT2D eigenvalue weighted by molar-refractivity contribution is 6.30. The first-order valence-electron chi connectivity index (χ1n) is 7.79. The van der Waals surface area contributed by atoms with E-state index in [4.69, 9.17) is 16.3 Å². The highest BCUT2D eigenvalue weighted by Gasteiger charge is 2.18. The Balaban J connectivity index is 1.80. The molecular formula is C17H19ClN4O2. The van der Waals surface area contributed by atoms with Crippen LogP contribution in [0, 0.1) is 13.8 Å². The summed E-state index contributed by atoms with van der Waals surface area (Å²) in [6, 6.07) is 6.75. The molecule has 1 N–H and O–H groups in total. The van der Waals surface area contributed by atoms with E-state index in [1.807, 2.05) is 13.8 Å². The summed E-state index contributed by atoms with van der Waals surface area (Å²) < 4.78 is 5.35. The normalized spacial score (nSPS) is 14.5. The standard InChI is InChI=1S/C17H19ClN4O2/c1-11-15(21-16(23)13-3-5-14(18)6-4-13)12(2)20-17(19-11)22-7-9-24-10-8-22/h3-6H,7-10H2,1-2H3,(H,21,23). The lowest BCUT2D eigenvalue weighted by atomic mass is 10.2. The molecule has 0 spiro atoms. The monoisotopic (exact) mass is 346 g/mol. The molecule has 3 rings (SSSR count). The summed E-state index contributed by atoms with van der Waals surface area (Å²) in [4.78, 5) is 23.6. The largest absolute Gasteiger partial charge is 0.378 e. The zero-order valence-electron chi connectivity index (χ0n) is 13.7. The van der Waals surface area contributed by atoms with E-state index in [1.54, 1.807) is 24.3 Å². The van der Waals surface area contributed by atoms with Crippen molar-refractivity contribution in [2.24, 2.45) is 0 Å². The molecule has 1 aliphatic heterocycles. The van der Waals surface area contributed by atoms with Gasteiger partial charge in [0.2, 0.25) is 5.95 Å². The number of nitrogens with zero attached hydrogens (tertiary/aromatic N) is 3. The lowest BCUT2D eigenvalue weighted by molar-refractivity contribution is 0.102. The smallest absolute Gasteiger partial charge is 0.255 e. The lowest BCUT2D eigenvalue weighted by Gasteiger charge is -2.27. The van der Waals surface area contributed by atoms with E-state index in [1.165, 1.54) is 0 Å². The Kier molecular flexibility index (Phi) is 4.97. The zero-order chi connectivity index (χ0) is 17.1. The molecule has 1 amide bonds. The number of halogens is 1. The van der Waals surface area contributed by atoms with E-state index in [9.17, 15) is 4.79 Å². The number of nitrogens with one attached hydrogen (secondary N) is 1. The topological polar surface area (TPSA) is 67.3 Å². The summed E-state index contributed by atoms with van der Waals surface area (Å²) >= 11 is 5.85. The van der Waals surface area contributed by atoms with Gasteiger partial charge < -0.3 is 15.0 Å². The van der Waals surface area contributed by atoms with Crippen molar-refractivity contribution in [1.82, 2.24) is 9.97 Å². The Morgan fingerprint density at radius 2 is 1.71 bits per heavy atom. The summed E-state index contributed by atoms with van der Waals surface area (Å²) in [5.41, 5.74) is 2.67. The van der Waals surface area contributed by atoms with Gasteiger partial charge >= 0.3 is 0 Å². The molecule has 0 atom stereocenters. The number of rotatable bonds is 3. The summed E-state index contributed by atoms with van der Waals surface area (Å²) in [5.74, 6) is 0.471. The van der Waals surface area contributed by atoms with Gasteiger partial charge in [-0.1, -0.05) is 11.6 Å². The fourth-order valence-electron chi connectivity index (χ4n) is 2.57. The first kappa shape index (κ1) is 16.7. The molecule has 0 saturated carbocycles. The third-order valence-electron chi connectivity index (χ3n) is 3.90. The predicted molar refractivity (Wildman–Crippen MR) is 93.9 cm³/mol. The molecule has 126 valence electrons. The van der Waals surface area contributed by atoms with Crippen LogP contribution in [0.1, 0.15) is 21.7 Å². The fourth-order valence-corrected chi connectivity index (χ4v) is 2.70. The van der Waals surface area contributed by atoms with Gasteiger partial charge in [-0.25, -0.2) is 9.97 Å². The minimum atomic E-state index is -0.208. The molecule has 6 nitrogen and oxygen atoms in total. The molecule has 7 heteroatoms. The Hall–Kier alpha value is -2.18. The summed E-state index contributed by atoms with van der Waals surface area (Å²) in [6.45, 7) is 6.64. The van der Waals surface area contributed by atoms with Gasteiger partial charge in [-0.2, -0.15) is 0 Å². The highest BCUT2D eigenvalue weighted by Crippen LogP contribution is 2.22. The molecular weight excluding hydrogens is 328 g/mol. The summed E-state index contributed by atoms with van der Waals surface area (Å²) in [6.07, 6.45) is 0. The van der Waals surface area contributed by atoms with E-state index in [0.29, 0.717) is 35.4 Å². The fraction of sp³-hybridized carbons (Fsp3) is 0.353. The number of hydrogen-bond donors (Lipinski definition) is 1. The Labute approximate surface area is 145 Å². The molecule has 2 heterocycles. The Morgan fingerprint density at radius 3 is 2.29 bits per heavy atom. The first-order chi connectivity index (χ1) is 11.5. The van der Waals surface area contributed by atoms with Crippen LogP contribution < -0.4 is 10.2 Å². The molecule has 1 aromatic heterocycles. The quantitative estimate of drug-likeness (QED) is 0.925. The SMILES string of the molecule is Cc1nc(N2CCOCC2)nc(C)c1NC(=O)c1ccc(Cl)cc1. The van der Waals surface area contributed by atoms with Crippen LogP contribution in [-0.4, -0.2) is 42.2 Å². The van der Waals surface area contributed by atoms with Crippen LogP contribution >= 0.6 is 11.6 Å². The van der Waals surface area contributed by atoms with Gasteiger partial charge in [0.15, 0.2) is 0 Å². The summed E-state index contributed by atoms with van der Waals surface area (Å²) in [7, 11) is 0. The Bertz CT molecular complexity index is 720. The van der Waals surface area contributed by atoms with Crippen molar-refractivity contribution >= 4 is 29.1 Å². The van der Waals surface area contributed by atoms with Crippen LogP contribution in [0.25, 0.3) is 0 Å². The number of anilines is 2. The third kappa shape index (κ3) is 3.66. The highest BCUT2D eigenvalue weighted by atomic mass is 35.5. The second-order valence-electron chi connectivity index (χ2n) is 5.63. The van der Waals surface area contributed by atoms with Gasteiger partial charge in [0.05, 0.1) is 30.3 Å². The molecule has 24 heavy (non-hydrogen) atoms. The molecule has 0 unspecified atom stereocenters. The zero-order valence-corrected chi connectivity index (χ0v) is 14.4. The van der Waals surface area contributed by atoms with Crippen molar-refractivity contribution in [3.63, 3.8) is 0 Å². The van der Waals surface area contributed by atoms with Crippen LogP contribution in [0.2, 0.25) is 5.02 Å². The molecule has 1 fully saturated rings. The van der Waals surface area contributed by atoms with Gasteiger partial charge in [-0.05, 0) is 38.1 Å². The molecule has 0 bridgehead atoms. The van der Waals surface area contributed by atoms with Crippen LogP contribution in [0.15, 0.2) is 24.3 Å². The number of aromatic nitrogens is 2. The van der Waals surface area contributed by atoms with Crippen molar-refractivity contribution in [1.29, 1.82) is 0 Å². The van der Waals surface area contributed by atoms with Crippen LogP contribution in [-0.2, 0) is 4.74 Å². The van der Waals surface area contributed by atoms with Gasteiger partial charge in [-0.15, -0.1) is 0 Å². The average Bonchev–Trinajstić information content (AvgIpc) is 2.59. The van der Waals surface area contributed by atoms with Gasteiger partial charge in [0.1, 0.15) is 0 Å². The predicted octanol–water partition coefficient (Wildman–Crippen LogP) is 2.84. The molecule has 0 aliphatic carbocycles. The van der Waals surface area contributed by atoms with E-state index in [0.717, 1.165) is 24.5 Å². The molecule has 1 aromatic carbocycles. The minimum absolute atomic E-state index is 0.208. The van der Waals surface area contributed by atoms with Crippen molar-refractivity contribution < 1.29 is 9.53 Å². The van der Waals surface area contributed by atoms with E-state index in [-0.39, 0.29) is 5.91 Å². The number of aryl methyl sites for hydroxylation is 2. The number of benzene rings is 1. The van der Waals surface area contributed by atoms with Gasteiger partial charge in [-0.3, -0.25) is 4.79 Å². The van der Waals surface area contributed by atoms with Gasteiger partial charge in [0, 0.05) is 23.7 Å². The van der Waals surface area contributed by atoms with E-state index in [2.05, 4.69) is 20.2 Å². The van der Waals surface area contributed by atoms with E-state index < -0.39 is 0 Å². The first-order valence-corrected chi connectivity index (χ1v) is 8.17. The average molecular weight is 347 g/mol. The maximum absolute atomic E-state index is 12.4. The third-order valence-corrected chi connectivity index (χ3v) is 4.15. The Morgan fingerprint density at radius 1 is 1.12 bits per heavy atom. The maximum Gasteiger partial charge on any atom is 0.255 e. The molecule has 0 radical (unpaired) electrons. The minimum Gasteiger partial charge on any atom is -0.378 e. The van der Waals surface area contributed by atoms with Crippen molar-refractivity contribution in [2.75, 3.05) is 36.5 Å². The number of morpholine rings is 1. The number of ether oxygens (including phenoxy) is 1. The van der Waals surface area contributed by atoms with Crippen LogP contribution in [0.4, 0.5) is 11.6 Å². The molecule has 2 aromatic rings. The second-order valence-corrected chi connectivity index (χ2v) is 6.07. The summed E-state index contributed by atoms with van der Waals surface area (Å²) in [5, 5.41) is 3.49. The number of carbonyl (C=O) groups is 1. The van der Waals surface area contributed by atoms with Gasteiger partial charge in [0.25, 0.3) is 5.91 Å². The second kappa shape index (κ2) is 7.15. The van der Waals surface area contributed by atoms with Crippen molar-refractivity contribution in [2.45, 2.75) is 13.8 Å². The number of carbonyl (C=O) groups excluding carboxylic acids is 1.